The summed E-state index contributed by atoms with van der Waals surface area (Å²) in [7, 11) is 0. The van der Waals surface area contributed by atoms with Crippen molar-refractivity contribution < 1.29 is 14.0 Å². The second-order valence-electron chi connectivity index (χ2n) is 6.13. The van der Waals surface area contributed by atoms with Gasteiger partial charge in [0, 0.05) is 34.8 Å². The third kappa shape index (κ3) is 4.96. The average molecular weight is 397 g/mol. The van der Waals surface area contributed by atoms with E-state index in [-0.39, 0.29) is 24.2 Å². The highest BCUT2D eigenvalue weighted by atomic mass is 35.5. The van der Waals surface area contributed by atoms with Gasteiger partial charge in [-0.25, -0.2) is 4.39 Å². The van der Waals surface area contributed by atoms with Crippen molar-refractivity contribution in [3.63, 3.8) is 0 Å². The van der Waals surface area contributed by atoms with Crippen LogP contribution in [-0.2, 0) is 13.1 Å². The minimum atomic E-state index is -0.367. The molecule has 0 heterocycles. The lowest BCUT2D eigenvalue weighted by Crippen LogP contribution is -2.24. The number of benzene rings is 3. The molecule has 2 amide bonds. The van der Waals surface area contributed by atoms with Crippen LogP contribution in [0.1, 0.15) is 31.8 Å². The largest absolute Gasteiger partial charge is 0.348 e. The van der Waals surface area contributed by atoms with Gasteiger partial charge in [-0.3, -0.25) is 9.59 Å². The molecule has 0 aromatic heterocycles. The van der Waals surface area contributed by atoms with Crippen LogP contribution < -0.4 is 10.6 Å². The molecule has 0 saturated carbocycles. The van der Waals surface area contributed by atoms with Crippen LogP contribution in [0.5, 0.6) is 0 Å². The lowest BCUT2D eigenvalue weighted by atomic mass is 10.1. The van der Waals surface area contributed by atoms with Crippen LogP contribution in [0.2, 0.25) is 5.02 Å². The summed E-state index contributed by atoms with van der Waals surface area (Å²) < 4.78 is 13.6. The van der Waals surface area contributed by atoms with Crippen LogP contribution in [-0.4, -0.2) is 11.8 Å². The van der Waals surface area contributed by atoms with E-state index >= 15 is 0 Å². The smallest absolute Gasteiger partial charge is 0.251 e. The summed E-state index contributed by atoms with van der Waals surface area (Å²) in [6.07, 6.45) is 0. The first-order valence-electron chi connectivity index (χ1n) is 8.68. The summed E-state index contributed by atoms with van der Waals surface area (Å²) in [4.78, 5) is 24.5. The van der Waals surface area contributed by atoms with Gasteiger partial charge in [-0.1, -0.05) is 48.0 Å². The summed E-state index contributed by atoms with van der Waals surface area (Å²) in [5, 5.41) is 6.04. The van der Waals surface area contributed by atoms with E-state index in [1.165, 1.54) is 6.07 Å². The van der Waals surface area contributed by atoms with Crippen molar-refractivity contribution in [3.8, 4) is 0 Å². The van der Waals surface area contributed by atoms with E-state index in [1.54, 1.807) is 48.5 Å². The molecule has 0 fully saturated rings. The maximum absolute atomic E-state index is 13.6. The molecule has 6 heteroatoms. The monoisotopic (exact) mass is 396 g/mol. The standard InChI is InChI=1S/C22H18ClFN2O2/c23-19-7-3-1-5-17(19)13-25-21(27)15-9-11-16(12-10-15)22(28)26-14-18-6-2-4-8-20(18)24/h1-12H,13-14H2,(H,25,27)(H,26,28). The Kier molecular flexibility index (Phi) is 6.40. The lowest BCUT2D eigenvalue weighted by Gasteiger charge is -2.09. The Hall–Kier alpha value is -3.18. The minimum Gasteiger partial charge on any atom is -0.348 e. The van der Waals surface area contributed by atoms with Crippen LogP contribution in [0.4, 0.5) is 4.39 Å². The highest BCUT2D eigenvalue weighted by Gasteiger charge is 2.10. The number of hydrogen-bond donors (Lipinski definition) is 2. The number of halogens is 2. The number of carbonyl (C=O) groups is 2. The Morgan fingerprint density at radius 3 is 1.71 bits per heavy atom. The van der Waals surface area contributed by atoms with E-state index < -0.39 is 0 Å². The molecule has 0 aliphatic heterocycles. The van der Waals surface area contributed by atoms with Crippen molar-refractivity contribution in [1.29, 1.82) is 0 Å². The SMILES string of the molecule is O=C(NCc1ccccc1F)c1ccc(C(=O)NCc2ccccc2Cl)cc1. The van der Waals surface area contributed by atoms with E-state index in [1.807, 2.05) is 18.2 Å². The van der Waals surface area contributed by atoms with Gasteiger partial charge in [0.1, 0.15) is 5.82 Å². The fourth-order valence-corrected chi connectivity index (χ4v) is 2.81. The van der Waals surface area contributed by atoms with Crippen LogP contribution in [0.3, 0.4) is 0 Å². The molecule has 3 rings (SSSR count). The normalized spacial score (nSPS) is 10.4. The predicted molar refractivity (Wildman–Crippen MR) is 107 cm³/mol. The zero-order valence-corrected chi connectivity index (χ0v) is 15.7. The summed E-state index contributed by atoms with van der Waals surface area (Å²) in [5.41, 5.74) is 2.05. The van der Waals surface area contributed by atoms with E-state index in [9.17, 15) is 14.0 Å². The second-order valence-corrected chi connectivity index (χ2v) is 6.53. The molecule has 0 spiro atoms. The molecule has 4 nitrogen and oxygen atoms in total. The zero-order chi connectivity index (χ0) is 19.9. The fraction of sp³-hybridized carbons (Fsp3) is 0.0909. The number of nitrogens with one attached hydrogen (secondary N) is 2. The Morgan fingerprint density at radius 2 is 1.18 bits per heavy atom. The maximum Gasteiger partial charge on any atom is 0.251 e. The fourth-order valence-electron chi connectivity index (χ4n) is 2.61. The molecule has 0 aliphatic rings. The third-order valence-corrected chi connectivity index (χ3v) is 4.57. The van der Waals surface area contributed by atoms with Gasteiger partial charge >= 0.3 is 0 Å². The molecule has 3 aromatic rings. The molecule has 0 bridgehead atoms. The first-order valence-corrected chi connectivity index (χ1v) is 9.05. The quantitative estimate of drug-likeness (QED) is 0.651. The van der Waals surface area contributed by atoms with Crippen molar-refractivity contribution in [2.45, 2.75) is 13.1 Å². The highest BCUT2D eigenvalue weighted by Crippen LogP contribution is 2.14. The van der Waals surface area contributed by atoms with Crippen molar-refractivity contribution in [2.24, 2.45) is 0 Å². The van der Waals surface area contributed by atoms with Gasteiger partial charge < -0.3 is 10.6 Å². The van der Waals surface area contributed by atoms with Gasteiger partial charge in [0.2, 0.25) is 0 Å². The lowest BCUT2D eigenvalue weighted by molar-refractivity contribution is 0.0939. The van der Waals surface area contributed by atoms with E-state index in [2.05, 4.69) is 10.6 Å². The molecule has 2 N–H and O–H groups in total. The molecular weight excluding hydrogens is 379 g/mol. The molecule has 0 radical (unpaired) electrons. The van der Waals surface area contributed by atoms with Gasteiger partial charge in [-0.2, -0.15) is 0 Å². The van der Waals surface area contributed by atoms with Gasteiger partial charge in [0.05, 0.1) is 0 Å². The van der Waals surface area contributed by atoms with E-state index in [0.717, 1.165) is 5.56 Å². The number of carbonyl (C=O) groups excluding carboxylic acids is 2. The molecule has 142 valence electrons. The Labute approximate surface area is 167 Å². The van der Waals surface area contributed by atoms with Gasteiger partial charge in [0.15, 0.2) is 0 Å². The number of rotatable bonds is 6. The summed E-state index contributed by atoms with van der Waals surface area (Å²) in [5.74, 6) is -0.974. The molecule has 28 heavy (non-hydrogen) atoms. The second kappa shape index (κ2) is 9.15. The topological polar surface area (TPSA) is 58.2 Å². The molecule has 0 unspecified atom stereocenters. The molecule has 0 saturated heterocycles. The van der Waals surface area contributed by atoms with Crippen molar-refractivity contribution in [1.82, 2.24) is 10.6 Å². The van der Waals surface area contributed by atoms with E-state index in [4.69, 9.17) is 11.6 Å². The van der Waals surface area contributed by atoms with Crippen molar-refractivity contribution in [3.05, 3.63) is 106 Å². The summed E-state index contributed by atoms with van der Waals surface area (Å²) in [6.45, 7) is 0.398. The maximum atomic E-state index is 13.6. The van der Waals surface area contributed by atoms with Crippen LogP contribution in [0.15, 0.2) is 72.8 Å². The minimum absolute atomic E-state index is 0.0889. The Morgan fingerprint density at radius 1 is 0.714 bits per heavy atom. The molecule has 0 aliphatic carbocycles. The van der Waals surface area contributed by atoms with E-state index in [0.29, 0.717) is 28.3 Å². The summed E-state index contributed by atoms with van der Waals surface area (Å²) in [6, 6.07) is 19.8. The van der Waals surface area contributed by atoms with Crippen LogP contribution in [0, 0.1) is 5.82 Å². The van der Waals surface area contributed by atoms with Crippen LogP contribution >= 0.6 is 11.6 Å². The Bertz CT molecular complexity index is 909. The molecule has 0 atom stereocenters. The van der Waals surface area contributed by atoms with Gasteiger partial charge in [-0.05, 0) is 42.0 Å². The molecule has 3 aromatic carbocycles. The first kappa shape index (κ1) is 19.6. The predicted octanol–water partition coefficient (Wildman–Crippen LogP) is 4.34. The zero-order valence-electron chi connectivity index (χ0n) is 14.9. The average Bonchev–Trinajstić information content (AvgIpc) is 2.72. The first-order chi connectivity index (χ1) is 13.5. The third-order valence-electron chi connectivity index (χ3n) is 4.20. The molecular formula is C22H18ClFN2O2. The number of hydrogen-bond acceptors (Lipinski definition) is 2. The van der Waals surface area contributed by atoms with Crippen molar-refractivity contribution >= 4 is 23.4 Å². The summed E-state index contributed by atoms with van der Waals surface area (Å²) >= 11 is 6.07. The van der Waals surface area contributed by atoms with Gasteiger partial charge in [-0.15, -0.1) is 0 Å². The highest BCUT2D eigenvalue weighted by molar-refractivity contribution is 6.31. The van der Waals surface area contributed by atoms with Crippen LogP contribution in [0.25, 0.3) is 0 Å². The number of amides is 2. The Balaban J connectivity index is 1.56. The van der Waals surface area contributed by atoms with Gasteiger partial charge in [0.25, 0.3) is 11.8 Å². The van der Waals surface area contributed by atoms with Crippen molar-refractivity contribution in [2.75, 3.05) is 0 Å².